The highest BCUT2D eigenvalue weighted by Crippen LogP contribution is 2.38. The van der Waals surface area contributed by atoms with Crippen LogP contribution < -0.4 is 15.9 Å². The van der Waals surface area contributed by atoms with E-state index in [9.17, 15) is 14.4 Å². The maximum atomic E-state index is 14.2. The number of piperazine rings is 1. The van der Waals surface area contributed by atoms with E-state index in [1.807, 2.05) is 45.6 Å². The Hall–Kier alpha value is -4.77. The summed E-state index contributed by atoms with van der Waals surface area (Å²) in [4.78, 5) is 57.0. The topological polar surface area (TPSA) is 123 Å². The third-order valence-electron chi connectivity index (χ3n) is 8.05. The van der Waals surface area contributed by atoms with Gasteiger partial charge in [0, 0.05) is 36.9 Å². The Morgan fingerprint density at radius 2 is 1.85 bits per heavy atom. The Kier molecular flexibility index (Phi) is 10.2. The maximum Gasteiger partial charge on any atom is 0.411 e. The molecule has 4 aromatic rings. The highest BCUT2D eigenvalue weighted by atomic mass is 35.5. The summed E-state index contributed by atoms with van der Waals surface area (Å²) < 4.78 is 6.32. The summed E-state index contributed by atoms with van der Waals surface area (Å²) in [6.45, 7) is 14.4. The summed E-state index contributed by atoms with van der Waals surface area (Å²) in [6, 6.07) is 10.3. The summed E-state index contributed by atoms with van der Waals surface area (Å²) in [5.74, 6) is 0.268. The zero-order valence-electron chi connectivity index (χ0n) is 26.2. The average molecular weight is 646 g/mol. The molecule has 11 nitrogen and oxygen atoms in total. The number of fused-ring (bicyclic) bond motifs is 1. The number of para-hydroxylation sites is 1. The van der Waals surface area contributed by atoms with Gasteiger partial charge < -0.3 is 14.5 Å². The number of hydrogen-bond donors (Lipinski definition) is 1. The molecule has 12 heteroatoms. The standard InChI is InChI=1S/C33H36ClN7O4.CH4/c1-8-26(42)39-16-21(6)40(17-20(39)5)30-23-15-24(34)28(22-11-9-10-12-25(22)36-33(44)45-7)37-31(23)41(32(43)38-30)29-19(4)13-14-35-27(29)18(2)3;/h8-15,18,20-21H,1,16-17H2,2-7H3,(H,36,44);1H4/t20-,21+;/m1./s1. The van der Waals surface area contributed by atoms with Crippen molar-refractivity contribution in [3.05, 3.63) is 82.0 Å². The van der Waals surface area contributed by atoms with E-state index in [-0.39, 0.29) is 31.3 Å². The van der Waals surface area contributed by atoms with E-state index in [0.717, 1.165) is 11.3 Å². The minimum absolute atomic E-state index is 0. The molecule has 1 N–H and O–H groups in total. The van der Waals surface area contributed by atoms with Crippen molar-refractivity contribution >= 4 is 46.1 Å². The van der Waals surface area contributed by atoms with Gasteiger partial charge in [-0.3, -0.25) is 15.1 Å². The molecule has 0 radical (unpaired) electrons. The first kappa shape index (κ1) is 34.1. The molecular weight excluding hydrogens is 606 g/mol. The maximum absolute atomic E-state index is 14.2. The Labute approximate surface area is 273 Å². The number of nitrogens with one attached hydrogen (secondary N) is 1. The predicted octanol–water partition coefficient (Wildman–Crippen LogP) is 6.35. The lowest BCUT2D eigenvalue weighted by atomic mass is 10.0. The molecule has 46 heavy (non-hydrogen) atoms. The number of carbonyl (C=O) groups excluding carboxylic acids is 2. The monoisotopic (exact) mass is 645 g/mol. The Balaban J connectivity index is 0.00000480. The van der Waals surface area contributed by atoms with Crippen LogP contribution in [-0.4, -0.2) is 68.7 Å². The summed E-state index contributed by atoms with van der Waals surface area (Å²) in [5.41, 5.74) is 3.29. The van der Waals surface area contributed by atoms with Crippen molar-refractivity contribution in [3.8, 4) is 16.9 Å². The molecule has 242 valence electrons. The molecule has 0 spiro atoms. The van der Waals surface area contributed by atoms with Crippen LogP contribution in [0.5, 0.6) is 0 Å². The van der Waals surface area contributed by atoms with Crippen molar-refractivity contribution < 1.29 is 14.3 Å². The lowest BCUT2D eigenvalue weighted by molar-refractivity contribution is -0.128. The molecular formula is C34H40ClN7O4. The van der Waals surface area contributed by atoms with E-state index in [0.29, 0.717) is 57.6 Å². The molecule has 1 aliphatic heterocycles. The lowest BCUT2D eigenvalue weighted by Gasteiger charge is -2.44. The van der Waals surface area contributed by atoms with E-state index in [1.165, 1.54) is 17.8 Å². The third kappa shape index (κ3) is 6.19. The zero-order chi connectivity index (χ0) is 32.6. The minimum atomic E-state index is -0.646. The smallest absolute Gasteiger partial charge is 0.411 e. The van der Waals surface area contributed by atoms with Crippen LogP contribution in [0.2, 0.25) is 5.02 Å². The highest BCUT2D eigenvalue weighted by molar-refractivity contribution is 6.34. The van der Waals surface area contributed by atoms with Gasteiger partial charge in [-0.25, -0.2) is 19.1 Å². The number of nitrogens with zero attached hydrogens (tertiary/aromatic N) is 6. The first-order chi connectivity index (χ1) is 21.5. The van der Waals surface area contributed by atoms with Crippen molar-refractivity contribution in [1.29, 1.82) is 0 Å². The van der Waals surface area contributed by atoms with E-state index < -0.39 is 11.8 Å². The fourth-order valence-electron chi connectivity index (χ4n) is 5.81. The van der Waals surface area contributed by atoms with Crippen molar-refractivity contribution in [3.63, 3.8) is 0 Å². The number of rotatable bonds is 6. The number of pyridine rings is 2. The number of methoxy groups -OCH3 is 1. The van der Waals surface area contributed by atoms with Crippen LogP contribution in [-0.2, 0) is 9.53 Å². The number of carbonyl (C=O) groups is 2. The lowest BCUT2D eigenvalue weighted by Crippen LogP contribution is -2.58. The number of aryl methyl sites for hydroxylation is 1. The molecule has 1 aliphatic rings. The van der Waals surface area contributed by atoms with Gasteiger partial charge in [0.25, 0.3) is 0 Å². The molecule has 3 aromatic heterocycles. The van der Waals surface area contributed by atoms with Gasteiger partial charge in [-0.2, -0.15) is 4.98 Å². The second kappa shape index (κ2) is 13.7. The van der Waals surface area contributed by atoms with Crippen LogP contribution in [0.3, 0.4) is 0 Å². The Morgan fingerprint density at radius 1 is 1.13 bits per heavy atom. The van der Waals surface area contributed by atoms with Gasteiger partial charge in [0.05, 0.1) is 40.3 Å². The third-order valence-corrected chi connectivity index (χ3v) is 8.33. The van der Waals surface area contributed by atoms with Crippen molar-refractivity contribution in [1.82, 2.24) is 24.4 Å². The fraction of sp³-hybridized carbons (Fsp3) is 0.353. The van der Waals surface area contributed by atoms with Crippen molar-refractivity contribution in [2.45, 2.75) is 60.0 Å². The molecule has 0 saturated carbocycles. The molecule has 0 unspecified atom stereocenters. The number of ether oxygens (including phenoxy) is 1. The van der Waals surface area contributed by atoms with Crippen LogP contribution >= 0.6 is 11.6 Å². The summed E-state index contributed by atoms with van der Waals surface area (Å²) >= 11 is 6.97. The predicted molar refractivity (Wildman–Crippen MR) is 183 cm³/mol. The molecule has 1 saturated heterocycles. The molecule has 2 atom stereocenters. The minimum Gasteiger partial charge on any atom is -0.453 e. The van der Waals surface area contributed by atoms with Gasteiger partial charge in [-0.05, 0) is 56.5 Å². The molecule has 1 aromatic carbocycles. The molecule has 5 rings (SSSR count). The van der Waals surface area contributed by atoms with E-state index in [1.54, 1.807) is 41.4 Å². The molecule has 0 aliphatic carbocycles. The second-order valence-corrected chi connectivity index (χ2v) is 11.9. The second-order valence-electron chi connectivity index (χ2n) is 11.5. The number of amides is 2. The number of benzene rings is 1. The van der Waals surface area contributed by atoms with Crippen molar-refractivity contribution in [2.24, 2.45) is 0 Å². The van der Waals surface area contributed by atoms with Gasteiger partial charge in [-0.1, -0.05) is 57.7 Å². The normalized spacial score (nSPS) is 16.3. The highest BCUT2D eigenvalue weighted by Gasteiger charge is 2.34. The van der Waals surface area contributed by atoms with E-state index in [4.69, 9.17) is 21.3 Å². The summed E-state index contributed by atoms with van der Waals surface area (Å²) in [6.07, 6.45) is 2.39. The number of aromatic nitrogens is 4. The van der Waals surface area contributed by atoms with Crippen LogP contribution in [0.1, 0.15) is 52.3 Å². The molecule has 1 fully saturated rings. The number of halogens is 1. The first-order valence-electron chi connectivity index (χ1n) is 14.7. The van der Waals surface area contributed by atoms with E-state index in [2.05, 4.69) is 21.9 Å². The van der Waals surface area contributed by atoms with Crippen LogP contribution in [0.15, 0.2) is 60.0 Å². The average Bonchev–Trinajstić information content (AvgIpc) is 3.01. The molecule has 0 bridgehead atoms. The summed E-state index contributed by atoms with van der Waals surface area (Å²) in [7, 11) is 1.28. The van der Waals surface area contributed by atoms with Crippen LogP contribution in [0, 0.1) is 6.92 Å². The van der Waals surface area contributed by atoms with E-state index >= 15 is 0 Å². The van der Waals surface area contributed by atoms with Crippen LogP contribution in [0.4, 0.5) is 16.3 Å². The first-order valence-corrected chi connectivity index (χ1v) is 15.1. The molecule has 4 heterocycles. The SMILES string of the molecule is C.C=CC(=O)N1C[C@H](C)N(c2nc(=O)n(-c3c(C)ccnc3C(C)C)c3nc(-c4ccccc4NC(=O)OC)c(Cl)cc23)C[C@H]1C. The number of anilines is 2. The fourth-order valence-corrected chi connectivity index (χ4v) is 6.06. The Bertz CT molecular complexity index is 1870. The van der Waals surface area contributed by atoms with Crippen molar-refractivity contribution in [2.75, 3.05) is 30.4 Å². The largest absolute Gasteiger partial charge is 0.453 e. The van der Waals surface area contributed by atoms with Gasteiger partial charge >= 0.3 is 11.8 Å². The number of hydrogen-bond acceptors (Lipinski definition) is 8. The quantitative estimate of drug-likeness (QED) is 0.241. The van der Waals surface area contributed by atoms with Gasteiger partial charge in [0.1, 0.15) is 5.82 Å². The van der Waals surface area contributed by atoms with Gasteiger partial charge in [-0.15, -0.1) is 0 Å². The Morgan fingerprint density at radius 3 is 2.52 bits per heavy atom. The summed E-state index contributed by atoms with van der Waals surface area (Å²) in [5, 5.41) is 3.57. The van der Waals surface area contributed by atoms with Crippen LogP contribution in [0.25, 0.3) is 28.0 Å². The van der Waals surface area contributed by atoms with Gasteiger partial charge in [0.15, 0.2) is 5.65 Å². The van der Waals surface area contributed by atoms with Gasteiger partial charge in [0.2, 0.25) is 5.91 Å². The zero-order valence-corrected chi connectivity index (χ0v) is 26.9. The molecule has 2 amide bonds.